The highest BCUT2D eigenvalue weighted by molar-refractivity contribution is 5.98. The number of methoxy groups -OCH3 is 1. The van der Waals surface area contributed by atoms with Crippen molar-refractivity contribution in [1.29, 1.82) is 0 Å². The molecule has 10 heteroatoms. The average Bonchev–Trinajstić information content (AvgIpc) is 3.33. The van der Waals surface area contributed by atoms with Gasteiger partial charge >= 0.3 is 0 Å². The van der Waals surface area contributed by atoms with Crippen molar-refractivity contribution in [3.05, 3.63) is 77.2 Å². The van der Waals surface area contributed by atoms with Crippen LogP contribution in [0, 0.1) is 11.6 Å². The Bertz CT molecular complexity index is 1430. The van der Waals surface area contributed by atoms with E-state index in [1.54, 1.807) is 30.2 Å². The highest BCUT2D eigenvalue weighted by Crippen LogP contribution is 2.28. The predicted octanol–water partition coefficient (Wildman–Crippen LogP) is 4.91. The van der Waals surface area contributed by atoms with Gasteiger partial charge < -0.3 is 15.4 Å². The number of halogens is 2. The highest BCUT2D eigenvalue weighted by atomic mass is 19.1. The van der Waals surface area contributed by atoms with Crippen molar-refractivity contribution >= 4 is 22.8 Å². The fraction of sp³-hybridized carbons (Fsp3) is 0.333. The number of ether oxygens (including phenoxy) is 1. The summed E-state index contributed by atoms with van der Waals surface area (Å²) in [7, 11) is 3.13. The topological polar surface area (TPSA) is 94.0 Å². The Labute approximate surface area is 213 Å². The molecule has 0 bridgehead atoms. The fourth-order valence-electron chi connectivity index (χ4n) is 4.75. The molecule has 1 aliphatic rings. The first-order valence-electron chi connectivity index (χ1n) is 12.3. The molecule has 1 fully saturated rings. The monoisotopic (exact) mass is 506 g/mol. The van der Waals surface area contributed by atoms with E-state index in [4.69, 9.17) is 4.74 Å². The summed E-state index contributed by atoms with van der Waals surface area (Å²) in [6, 6.07) is 6.71. The van der Waals surface area contributed by atoms with Crippen molar-refractivity contribution in [3.8, 4) is 5.75 Å². The Morgan fingerprint density at radius 1 is 1.08 bits per heavy atom. The number of nitrogens with zero attached hydrogens (tertiary/aromatic N) is 4. The number of aromatic nitrogens is 4. The number of hydrogen-bond donors (Lipinski definition) is 2. The van der Waals surface area contributed by atoms with Gasteiger partial charge in [0.15, 0.2) is 11.6 Å². The van der Waals surface area contributed by atoms with Gasteiger partial charge in [-0.1, -0.05) is 25.3 Å². The van der Waals surface area contributed by atoms with Crippen LogP contribution in [0.25, 0.3) is 10.9 Å². The van der Waals surface area contributed by atoms with Crippen LogP contribution in [0.2, 0.25) is 0 Å². The highest BCUT2D eigenvalue weighted by Gasteiger charge is 2.22. The molecule has 1 aliphatic carbocycles. The molecule has 0 radical (unpaired) electrons. The molecule has 1 amide bonds. The molecule has 2 aromatic heterocycles. The smallest absolute Gasteiger partial charge is 0.252 e. The lowest BCUT2D eigenvalue weighted by Gasteiger charge is -2.22. The van der Waals surface area contributed by atoms with Gasteiger partial charge in [-0.15, -0.1) is 0 Å². The zero-order valence-corrected chi connectivity index (χ0v) is 20.7. The molecular weight excluding hydrogens is 478 g/mol. The summed E-state index contributed by atoms with van der Waals surface area (Å²) in [4.78, 5) is 22.1. The third-order valence-corrected chi connectivity index (χ3v) is 6.69. The molecule has 0 aliphatic heterocycles. The van der Waals surface area contributed by atoms with Crippen LogP contribution < -0.4 is 15.4 Å². The molecule has 8 nitrogen and oxygen atoms in total. The SMILES string of the molecule is COc1ccc(C(NC(=O)c2cc(F)c3cnc(NC4CCCCC4)nc3c2)c2cnn(C)c2)cc1F. The number of anilines is 1. The molecule has 0 saturated heterocycles. The zero-order chi connectivity index (χ0) is 25.9. The van der Waals surface area contributed by atoms with Gasteiger partial charge in [0, 0.05) is 36.6 Å². The lowest BCUT2D eigenvalue weighted by Crippen LogP contribution is -2.29. The summed E-state index contributed by atoms with van der Waals surface area (Å²) in [5, 5.41) is 10.6. The first-order valence-corrected chi connectivity index (χ1v) is 12.3. The Balaban J connectivity index is 1.44. The molecule has 1 unspecified atom stereocenters. The van der Waals surface area contributed by atoms with Gasteiger partial charge in [0.2, 0.25) is 5.95 Å². The molecular formula is C27H28F2N6O2. The molecule has 0 spiro atoms. The van der Waals surface area contributed by atoms with Gasteiger partial charge in [0.1, 0.15) is 5.82 Å². The molecule has 1 atom stereocenters. The second-order valence-corrected chi connectivity index (χ2v) is 9.31. The average molecular weight is 507 g/mol. The number of nitrogens with one attached hydrogen (secondary N) is 2. The molecule has 2 aromatic carbocycles. The van der Waals surface area contributed by atoms with E-state index in [0.29, 0.717) is 22.6 Å². The van der Waals surface area contributed by atoms with Gasteiger partial charge in [-0.05, 0) is 42.7 Å². The molecule has 2 heterocycles. The maximum absolute atomic E-state index is 15.0. The zero-order valence-electron chi connectivity index (χ0n) is 20.7. The summed E-state index contributed by atoms with van der Waals surface area (Å²) in [6.07, 6.45) is 10.4. The van der Waals surface area contributed by atoms with Crippen molar-refractivity contribution in [1.82, 2.24) is 25.1 Å². The normalized spacial score (nSPS) is 14.9. The summed E-state index contributed by atoms with van der Waals surface area (Å²) < 4.78 is 36.1. The number of benzene rings is 2. The van der Waals surface area contributed by atoms with Gasteiger partial charge in [0.25, 0.3) is 5.91 Å². The lowest BCUT2D eigenvalue weighted by molar-refractivity contribution is 0.0942. The minimum atomic E-state index is -0.728. The van der Waals surface area contributed by atoms with Gasteiger partial charge in [-0.2, -0.15) is 5.10 Å². The lowest BCUT2D eigenvalue weighted by atomic mass is 9.96. The number of rotatable bonds is 7. The number of carbonyl (C=O) groups is 1. The van der Waals surface area contributed by atoms with E-state index < -0.39 is 23.6 Å². The van der Waals surface area contributed by atoms with Crippen LogP contribution in [0.4, 0.5) is 14.7 Å². The number of hydrogen-bond acceptors (Lipinski definition) is 6. The largest absolute Gasteiger partial charge is 0.494 e. The Morgan fingerprint density at radius 3 is 2.59 bits per heavy atom. The second kappa shape index (κ2) is 10.5. The van der Waals surface area contributed by atoms with Gasteiger partial charge in [0.05, 0.1) is 30.3 Å². The summed E-state index contributed by atoms with van der Waals surface area (Å²) in [6.45, 7) is 0. The Morgan fingerprint density at radius 2 is 1.89 bits per heavy atom. The van der Waals surface area contributed by atoms with Gasteiger partial charge in [-0.25, -0.2) is 18.7 Å². The third-order valence-electron chi connectivity index (χ3n) is 6.69. The molecule has 1 saturated carbocycles. The molecule has 2 N–H and O–H groups in total. The molecule has 4 aromatic rings. The molecule has 5 rings (SSSR count). The van der Waals surface area contributed by atoms with E-state index in [1.165, 1.54) is 37.9 Å². The van der Waals surface area contributed by atoms with Crippen molar-refractivity contribution in [2.75, 3.05) is 12.4 Å². The van der Waals surface area contributed by atoms with Crippen molar-refractivity contribution in [2.24, 2.45) is 7.05 Å². The van der Waals surface area contributed by atoms with Crippen molar-refractivity contribution < 1.29 is 18.3 Å². The summed E-state index contributed by atoms with van der Waals surface area (Å²) in [5.41, 5.74) is 1.55. The maximum atomic E-state index is 15.0. The minimum absolute atomic E-state index is 0.0916. The second-order valence-electron chi connectivity index (χ2n) is 9.31. The summed E-state index contributed by atoms with van der Waals surface area (Å²) in [5.74, 6) is -1.19. The van der Waals surface area contributed by atoms with E-state index in [-0.39, 0.29) is 22.7 Å². The van der Waals surface area contributed by atoms with E-state index in [9.17, 15) is 13.6 Å². The predicted molar refractivity (Wildman–Crippen MR) is 135 cm³/mol. The van der Waals surface area contributed by atoms with Crippen LogP contribution >= 0.6 is 0 Å². The van der Waals surface area contributed by atoms with E-state index in [1.807, 2.05) is 0 Å². The number of fused-ring (bicyclic) bond motifs is 1. The minimum Gasteiger partial charge on any atom is -0.494 e. The number of carbonyl (C=O) groups excluding carboxylic acids is 1. The quantitative estimate of drug-likeness (QED) is 0.370. The third kappa shape index (κ3) is 5.37. The Kier molecular flexibility index (Phi) is 6.98. The molecule has 192 valence electrons. The maximum Gasteiger partial charge on any atom is 0.252 e. The van der Waals surface area contributed by atoms with E-state index >= 15 is 0 Å². The van der Waals surface area contributed by atoms with Crippen molar-refractivity contribution in [3.63, 3.8) is 0 Å². The van der Waals surface area contributed by atoms with Crippen LogP contribution in [0.15, 0.2) is 48.9 Å². The van der Waals surface area contributed by atoms with Crippen LogP contribution in [0.3, 0.4) is 0 Å². The Hall–Kier alpha value is -4.08. The van der Waals surface area contributed by atoms with Crippen LogP contribution in [-0.4, -0.2) is 38.8 Å². The first-order chi connectivity index (χ1) is 17.9. The van der Waals surface area contributed by atoms with Crippen LogP contribution in [0.1, 0.15) is 59.6 Å². The molecule has 37 heavy (non-hydrogen) atoms. The fourth-order valence-corrected chi connectivity index (χ4v) is 4.75. The van der Waals surface area contributed by atoms with Crippen LogP contribution in [-0.2, 0) is 7.05 Å². The van der Waals surface area contributed by atoms with Gasteiger partial charge in [-0.3, -0.25) is 9.48 Å². The van der Waals surface area contributed by atoms with Crippen molar-refractivity contribution in [2.45, 2.75) is 44.2 Å². The van der Waals surface area contributed by atoms with E-state index in [0.717, 1.165) is 31.7 Å². The number of amides is 1. The summed E-state index contributed by atoms with van der Waals surface area (Å²) >= 11 is 0. The van der Waals surface area contributed by atoms with E-state index in [2.05, 4.69) is 25.7 Å². The standard InChI is InChI=1S/C27H28F2N6O2/c1-35-15-18(13-31-35)25(16-8-9-24(37-2)22(29)10-16)34-26(36)17-11-21(28)20-14-30-27(33-23(20)12-17)32-19-6-4-3-5-7-19/h8-15,19,25H,3-7H2,1-2H3,(H,34,36)(H,30,32,33). The first kappa shape index (κ1) is 24.6. The van der Waals surface area contributed by atoms with Crippen LogP contribution in [0.5, 0.6) is 5.75 Å². The number of aryl methyl sites for hydroxylation is 1.